The number of nitrogens with zero attached hydrogens (tertiary/aromatic N) is 2. The fraction of sp³-hybridized carbons (Fsp3) is 0.111. The summed E-state index contributed by atoms with van der Waals surface area (Å²) in [6.07, 6.45) is 1.48. The van der Waals surface area contributed by atoms with Crippen LogP contribution in [0.3, 0.4) is 0 Å². The van der Waals surface area contributed by atoms with E-state index >= 15 is 0 Å². The summed E-state index contributed by atoms with van der Waals surface area (Å²) in [7, 11) is 4.45. The number of nitro benzene ring substituents is 1. The Hall–Kier alpha value is -6.19. The van der Waals surface area contributed by atoms with Gasteiger partial charge in [0.2, 0.25) is 5.91 Å². The van der Waals surface area contributed by atoms with Crippen molar-refractivity contribution in [3.63, 3.8) is 0 Å². The Bertz CT molecular complexity index is 2090. The largest absolute Gasteiger partial charge is 0.496 e. The average molecular weight is 726 g/mol. The summed E-state index contributed by atoms with van der Waals surface area (Å²) >= 11 is 2.50. The molecule has 0 bridgehead atoms. The number of aromatic nitrogens is 1. The summed E-state index contributed by atoms with van der Waals surface area (Å²) in [5.41, 5.74) is 2.25. The van der Waals surface area contributed by atoms with E-state index in [0.717, 1.165) is 4.90 Å². The molecule has 1 aromatic heterocycles. The molecule has 5 rings (SSSR count). The molecule has 0 aliphatic carbocycles. The Balaban J connectivity index is 1.25. The Kier molecular flexibility index (Phi) is 12.0. The van der Waals surface area contributed by atoms with Crippen molar-refractivity contribution < 1.29 is 33.5 Å². The number of carbonyl (C=O) groups is 3. The van der Waals surface area contributed by atoms with Gasteiger partial charge < -0.3 is 30.2 Å². The lowest BCUT2D eigenvalue weighted by atomic mass is 10.1. The van der Waals surface area contributed by atoms with Crippen molar-refractivity contribution >= 4 is 63.4 Å². The van der Waals surface area contributed by atoms with Crippen LogP contribution in [-0.2, 0) is 9.59 Å². The molecule has 0 fully saturated rings. The van der Waals surface area contributed by atoms with E-state index in [9.17, 15) is 24.5 Å². The fourth-order valence-electron chi connectivity index (χ4n) is 4.64. The number of nitrogens with one attached hydrogen (secondary N) is 3. The highest BCUT2D eigenvalue weighted by molar-refractivity contribution is 8.00. The van der Waals surface area contributed by atoms with Gasteiger partial charge in [0.15, 0.2) is 16.6 Å². The standard InChI is InChI=1S/C36H31N5O8S2/c1-47-30-19-32(49-3)31(48-2)18-24(30)17-28(38-34(43)22-8-5-4-6-9-22)35(44)37-25-12-14-27(15-13-25)50-21-33(42)40-36-39-29(20-51-36)23-10-7-11-26(16-23)41(45)46/h4-20H,21H2,1-3H3,(H,37,44)(H,38,43)(H,39,40,42)/b28-17-. The Labute approximate surface area is 300 Å². The number of methoxy groups -OCH3 is 3. The molecule has 0 atom stereocenters. The second-order valence-electron chi connectivity index (χ2n) is 10.5. The number of anilines is 2. The van der Waals surface area contributed by atoms with Crippen LogP contribution in [0.15, 0.2) is 107 Å². The van der Waals surface area contributed by atoms with Crippen molar-refractivity contribution in [3.05, 3.63) is 123 Å². The van der Waals surface area contributed by atoms with Gasteiger partial charge >= 0.3 is 0 Å². The summed E-state index contributed by atoms with van der Waals surface area (Å²) in [5.74, 6) is -0.0671. The zero-order valence-corrected chi connectivity index (χ0v) is 29.1. The van der Waals surface area contributed by atoms with Crippen LogP contribution < -0.4 is 30.2 Å². The molecule has 4 aromatic carbocycles. The number of thioether (sulfide) groups is 1. The molecule has 3 N–H and O–H groups in total. The van der Waals surface area contributed by atoms with Crippen molar-refractivity contribution in [3.8, 4) is 28.5 Å². The van der Waals surface area contributed by atoms with Crippen molar-refractivity contribution in [1.29, 1.82) is 0 Å². The average Bonchev–Trinajstić information content (AvgIpc) is 3.62. The predicted octanol–water partition coefficient (Wildman–Crippen LogP) is 6.88. The molecule has 13 nitrogen and oxygen atoms in total. The van der Waals surface area contributed by atoms with Crippen molar-refractivity contribution in [1.82, 2.24) is 10.3 Å². The summed E-state index contributed by atoms with van der Waals surface area (Å²) in [6, 6.07) is 24.7. The minimum absolute atomic E-state index is 0.0462. The Morgan fingerprint density at radius 1 is 0.863 bits per heavy atom. The maximum atomic E-state index is 13.6. The van der Waals surface area contributed by atoms with Gasteiger partial charge in [-0.3, -0.25) is 24.5 Å². The number of amides is 3. The monoisotopic (exact) mass is 725 g/mol. The molecule has 0 aliphatic heterocycles. The SMILES string of the molecule is COc1cc(OC)c(OC)cc1/C=C(\NC(=O)c1ccccc1)C(=O)Nc1ccc(SCC(=O)Nc2nc(-c3cccc([N+](=O)[O-])c3)cs2)cc1. The third-order valence-electron chi connectivity index (χ3n) is 7.15. The number of hydrogen-bond acceptors (Lipinski definition) is 11. The molecule has 5 aromatic rings. The van der Waals surface area contributed by atoms with Crippen molar-refractivity contribution in [2.75, 3.05) is 37.7 Å². The predicted molar refractivity (Wildman–Crippen MR) is 197 cm³/mol. The Morgan fingerprint density at radius 3 is 2.25 bits per heavy atom. The van der Waals surface area contributed by atoms with Gasteiger partial charge in [0, 0.05) is 50.9 Å². The first-order chi connectivity index (χ1) is 24.7. The van der Waals surface area contributed by atoms with Gasteiger partial charge in [-0.2, -0.15) is 0 Å². The lowest BCUT2D eigenvalue weighted by Crippen LogP contribution is -2.30. The van der Waals surface area contributed by atoms with Gasteiger partial charge in [-0.05, 0) is 48.5 Å². The van der Waals surface area contributed by atoms with Crippen LogP contribution >= 0.6 is 23.1 Å². The molecule has 51 heavy (non-hydrogen) atoms. The van der Waals surface area contributed by atoms with E-state index in [4.69, 9.17) is 14.2 Å². The van der Waals surface area contributed by atoms with Crippen LogP contribution in [0.25, 0.3) is 17.3 Å². The first kappa shape index (κ1) is 36.1. The minimum atomic E-state index is -0.594. The number of rotatable bonds is 14. The topological polar surface area (TPSA) is 171 Å². The number of hydrogen-bond donors (Lipinski definition) is 3. The second kappa shape index (κ2) is 17.0. The molecular weight excluding hydrogens is 695 g/mol. The van der Waals surface area contributed by atoms with Gasteiger partial charge in [-0.15, -0.1) is 23.1 Å². The van der Waals surface area contributed by atoms with Gasteiger partial charge in [0.1, 0.15) is 11.4 Å². The van der Waals surface area contributed by atoms with Crippen molar-refractivity contribution in [2.45, 2.75) is 4.90 Å². The molecular formula is C36H31N5O8S2. The van der Waals surface area contributed by atoms with E-state index in [1.807, 2.05) is 0 Å². The van der Waals surface area contributed by atoms with Crippen LogP contribution in [0.5, 0.6) is 17.2 Å². The van der Waals surface area contributed by atoms with Gasteiger partial charge in [-0.1, -0.05) is 30.3 Å². The van der Waals surface area contributed by atoms with Gasteiger partial charge in [-0.25, -0.2) is 4.98 Å². The third kappa shape index (κ3) is 9.49. The molecule has 260 valence electrons. The van der Waals surface area contributed by atoms with E-state index in [2.05, 4.69) is 20.9 Å². The summed E-state index contributed by atoms with van der Waals surface area (Å²) in [6.45, 7) is 0. The quantitative estimate of drug-likeness (QED) is 0.0474. The number of carbonyl (C=O) groups excluding carboxylic acids is 3. The number of thiazole rings is 1. The highest BCUT2D eigenvalue weighted by atomic mass is 32.2. The number of nitro groups is 1. The lowest BCUT2D eigenvalue weighted by molar-refractivity contribution is -0.384. The lowest BCUT2D eigenvalue weighted by Gasteiger charge is -2.15. The van der Waals surface area contributed by atoms with E-state index in [1.54, 1.807) is 84.2 Å². The molecule has 0 radical (unpaired) electrons. The molecule has 1 heterocycles. The van der Waals surface area contributed by atoms with Crippen LogP contribution in [-0.4, -0.2) is 54.7 Å². The number of non-ortho nitro benzene ring substituents is 1. The van der Waals surface area contributed by atoms with Crippen LogP contribution in [0.2, 0.25) is 0 Å². The molecule has 0 saturated carbocycles. The maximum Gasteiger partial charge on any atom is 0.272 e. The van der Waals surface area contributed by atoms with E-state index in [0.29, 0.717) is 50.5 Å². The highest BCUT2D eigenvalue weighted by Crippen LogP contribution is 2.36. The smallest absolute Gasteiger partial charge is 0.272 e. The van der Waals surface area contributed by atoms with Crippen LogP contribution in [0.4, 0.5) is 16.5 Å². The first-order valence-corrected chi connectivity index (χ1v) is 17.0. The summed E-state index contributed by atoms with van der Waals surface area (Å²) in [4.78, 5) is 55.1. The number of benzene rings is 4. The normalized spacial score (nSPS) is 10.9. The maximum absolute atomic E-state index is 13.6. The minimum Gasteiger partial charge on any atom is -0.496 e. The zero-order chi connectivity index (χ0) is 36.3. The van der Waals surface area contributed by atoms with Gasteiger partial charge in [0.05, 0.1) is 37.7 Å². The van der Waals surface area contributed by atoms with Crippen LogP contribution in [0, 0.1) is 10.1 Å². The second-order valence-corrected chi connectivity index (χ2v) is 12.4. The van der Waals surface area contributed by atoms with E-state index < -0.39 is 16.7 Å². The Morgan fingerprint density at radius 2 is 1.57 bits per heavy atom. The summed E-state index contributed by atoms with van der Waals surface area (Å²) < 4.78 is 16.3. The summed E-state index contributed by atoms with van der Waals surface area (Å²) in [5, 5.41) is 21.4. The highest BCUT2D eigenvalue weighted by Gasteiger charge is 2.18. The van der Waals surface area contributed by atoms with E-state index in [1.165, 1.54) is 62.6 Å². The number of ether oxygens (including phenoxy) is 3. The molecule has 0 saturated heterocycles. The fourth-order valence-corrected chi connectivity index (χ4v) is 6.08. The zero-order valence-electron chi connectivity index (χ0n) is 27.5. The van der Waals surface area contributed by atoms with Crippen molar-refractivity contribution in [2.24, 2.45) is 0 Å². The molecule has 0 aliphatic rings. The molecule has 3 amide bonds. The van der Waals surface area contributed by atoms with E-state index in [-0.39, 0.29) is 23.0 Å². The molecule has 0 spiro atoms. The third-order valence-corrected chi connectivity index (χ3v) is 8.92. The molecule has 15 heteroatoms. The van der Waals surface area contributed by atoms with Crippen LogP contribution in [0.1, 0.15) is 15.9 Å². The first-order valence-electron chi connectivity index (χ1n) is 15.1. The van der Waals surface area contributed by atoms with Gasteiger partial charge in [0.25, 0.3) is 17.5 Å². The molecule has 0 unspecified atom stereocenters.